The molecule has 0 fully saturated rings. The van der Waals surface area contributed by atoms with E-state index in [1.165, 1.54) is 0 Å². The molecule has 3 heteroatoms. The van der Waals surface area contributed by atoms with Crippen molar-refractivity contribution in [1.82, 2.24) is 5.32 Å². The highest BCUT2D eigenvalue weighted by molar-refractivity contribution is 9.10. The van der Waals surface area contributed by atoms with Crippen LogP contribution in [0.5, 0.6) is 0 Å². The first kappa shape index (κ1) is 12.7. The fraction of sp³-hybridized carbons (Fsp3) is 0.429. The number of hydrogen-bond acceptors (Lipinski definition) is 2. The first-order chi connectivity index (χ1) is 8.06. The minimum Gasteiger partial charge on any atom is -0.459 e. The molecular formula is C14H18BrNO. The summed E-state index contributed by atoms with van der Waals surface area (Å²) in [4.78, 5) is 0. The van der Waals surface area contributed by atoms with Crippen molar-refractivity contribution in [2.24, 2.45) is 5.92 Å². The maximum Gasteiger partial charge on any atom is 0.134 e. The van der Waals surface area contributed by atoms with E-state index in [9.17, 15) is 0 Å². The van der Waals surface area contributed by atoms with Crippen LogP contribution in [0.1, 0.15) is 32.6 Å². The number of rotatable bonds is 4. The second kappa shape index (κ2) is 5.23. The molecule has 0 amide bonds. The number of halogens is 1. The summed E-state index contributed by atoms with van der Waals surface area (Å²) in [7, 11) is 0. The van der Waals surface area contributed by atoms with Gasteiger partial charge in [0, 0.05) is 9.86 Å². The van der Waals surface area contributed by atoms with Crippen LogP contribution in [0.3, 0.4) is 0 Å². The van der Waals surface area contributed by atoms with Crippen LogP contribution in [-0.4, -0.2) is 6.54 Å². The molecule has 0 saturated heterocycles. The lowest BCUT2D eigenvalue weighted by atomic mass is 10.2. The average Bonchev–Trinajstić information content (AvgIpc) is 2.68. The zero-order valence-corrected chi connectivity index (χ0v) is 12.0. The molecule has 1 N–H and O–H groups in total. The largest absolute Gasteiger partial charge is 0.459 e. The summed E-state index contributed by atoms with van der Waals surface area (Å²) in [6.45, 7) is 7.54. The van der Waals surface area contributed by atoms with E-state index in [-0.39, 0.29) is 6.04 Å². The SMILES string of the molecule is CC(C)CNC(C)c1cc2cc(Br)ccc2o1. The summed E-state index contributed by atoms with van der Waals surface area (Å²) < 4.78 is 6.92. The molecule has 0 radical (unpaired) electrons. The Morgan fingerprint density at radius 3 is 2.71 bits per heavy atom. The van der Waals surface area contributed by atoms with Gasteiger partial charge in [0.1, 0.15) is 11.3 Å². The Morgan fingerprint density at radius 1 is 1.24 bits per heavy atom. The molecule has 2 rings (SSSR count). The summed E-state index contributed by atoms with van der Waals surface area (Å²) in [5.41, 5.74) is 0.946. The first-order valence-corrected chi connectivity index (χ1v) is 6.78. The van der Waals surface area contributed by atoms with Crippen molar-refractivity contribution in [3.05, 3.63) is 34.5 Å². The third-order valence-electron chi connectivity index (χ3n) is 2.76. The van der Waals surface area contributed by atoms with Crippen molar-refractivity contribution in [2.45, 2.75) is 26.8 Å². The van der Waals surface area contributed by atoms with Gasteiger partial charge in [-0.25, -0.2) is 0 Å². The van der Waals surface area contributed by atoms with Gasteiger partial charge >= 0.3 is 0 Å². The van der Waals surface area contributed by atoms with Crippen LogP contribution in [-0.2, 0) is 0 Å². The molecule has 0 aliphatic carbocycles. The van der Waals surface area contributed by atoms with Crippen LogP contribution >= 0.6 is 15.9 Å². The van der Waals surface area contributed by atoms with Crippen LogP contribution in [0, 0.1) is 5.92 Å². The Hall–Kier alpha value is -0.800. The van der Waals surface area contributed by atoms with E-state index in [0.29, 0.717) is 5.92 Å². The second-order valence-electron chi connectivity index (χ2n) is 4.85. The molecule has 0 aliphatic heterocycles. The molecule has 1 aromatic carbocycles. The average molecular weight is 296 g/mol. The zero-order chi connectivity index (χ0) is 12.4. The molecule has 0 aliphatic rings. The topological polar surface area (TPSA) is 25.2 Å². The van der Waals surface area contributed by atoms with E-state index < -0.39 is 0 Å². The molecule has 0 spiro atoms. The minimum absolute atomic E-state index is 0.253. The van der Waals surface area contributed by atoms with Gasteiger partial charge in [-0.15, -0.1) is 0 Å². The van der Waals surface area contributed by atoms with Crippen molar-refractivity contribution in [3.63, 3.8) is 0 Å². The molecule has 2 aromatic rings. The van der Waals surface area contributed by atoms with Crippen LogP contribution < -0.4 is 5.32 Å². The molecule has 2 nitrogen and oxygen atoms in total. The summed E-state index contributed by atoms with van der Waals surface area (Å²) in [6.07, 6.45) is 0. The van der Waals surface area contributed by atoms with Gasteiger partial charge in [0.15, 0.2) is 0 Å². The predicted octanol–water partition coefficient (Wildman–Crippen LogP) is 4.50. The van der Waals surface area contributed by atoms with Crippen LogP contribution in [0.15, 0.2) is 33.2 Å². The Balaban J connectivity index is 2.18. The number of furan rings is 1. The third kappa shape index (κ3) is 3.11. The van der Waals surface area contributed by atoms with Crippen molar-refractivity contribution >= 4 is 26.9 Å². The minimum atomic E-state index is 0.253. The highest BCUT2D eigenvalue weighted by Gasteiger charge is 2.11. The third-order valence-corrected chi connectivity index (χ3v) is 3.25. The van der Waals surface area contributed by atoms with Gasteiger partial charge in [0.25, 0.3) is 0 Å². The standard InChI is InChI=1S/C14H18BrNO/c1-9(2)8-16-10(3)14-7-11-6-12(15)4-5-13(11)17-14/h4-7,9-10,16H,8H2,1-3H3. The maximum absolute atomic E-state index is 5.83. The quantitative estimate of drug-likeness (QED) is 0.898. The number of fused-ring (bicyclic) bond motifs is 1. The normalized spacial score (nSPS) is 13.5. The van der Waals surface area contributed by atoms with Gasteiger partial charge in [0.2, 0.25) is 0 Å². The molecule has 1 unspecified atom stereocenters. The number of nitrogens with one attached hydrogen (secondary N) is 1. The van der Waals surface area contributed by atoms with Gasteiger partial charge in [-0.3, -0.25) is 0 Å². The van der Waals surface area contributed by atoms with Gasteiger partial charge in [0.05, 0.1) is 6.04 Å². The fourth-order valence-corrected chi connectivity index (χ4v) is 2.14. The molecule has 0 saturated carbocycles. The number of benzene rings is 1. The summed E-state index contributed by atoms with van der Waals surface area (Å²) in [6, 6.07) is 8.44. The van der Waals surface area contributed by atoms with Crippen molar-refractivity contribution in [2.75, 3.05) is 6.54 Å². The summed E-state index contributed by atoms with van der Waals surface area (Å²) >= 11 is 3.47. The van der Waals surface area contributed by atoms with Gasteiger partial charge in [-0.05, 0) is 43.7 Å². The smallest absolute Gasteiger partial charge is 0.134 e. The van der Waals surface area contributed by atoms with Gasteiger partial charge in [-0.2, -0.15) is 0 Å². The molecule has 1 heterocycles. The Kier molecular flexibility index (Phi) is 3.89. The summed E-state index contributed by atoms with van der Waals surface area (Å²) in [5, 5.41) is 4.61. The lowest BCUT2D eigenvalue weighted by molar-refractivity contribution is 0.426. The monoisotopic (exact) mass is 295 g/mol. The van der Waals surface area contributed by atoms with E-state index in [2.05, 4.69) is 54.2 Å². The highest BCUT2D eigenvalue weighted by atomic mass is 79.9. The van der Waals surface area contributed by atoms with E-state index >= 15 is 0 Å². The van der Waals surface area contributed by atoms with Gasteiger partial charge < -0.3 is 9.73 Å². The first-order valence-electron chi connectivity index (χ1n) is 5.98. The number of hydrogen-bond donors (Lipinski definition) is 1. The Morgan fingerprint density at radius 2 is 2.00 bits per heavy atom. The molecule has 1 atom stereocenters. The van der Waals surface area contributed by atoms with Crippen LogP contribution in [0.2, 0.25) is 0 Å². The molecule has 17 heavy (non-hydrogen) atoms. The van der Waals surface area contributed by atoms with Crippen molar-refractivity contribution < 1.29 is 4.42 Å². The molecule has 1 aromatic heterocycles. The van der Waals surface area contributed by atoms with Crippen molar-refractivity contribution in [3.8, 4) is 0 Å². The summed E-state index contributed by atoms with van der Waals surface area (Å²) in [5.74, 6) is 1.65. The lowest BCUT2D eigenvalue weighted by Gasteiger charge is -2.12. The van der Waals surface area contributed by atoms with Crippen molar-refractivity contribution in [1.29, 1.82) is 0 Å². The Bertz CT molecular complexity index is 504. The van der Waals surface area contributed by atoms with E-state index in [1.54, 1.807) is 0 Å². The van der Waals surface area contributed by atoms with E-state index in [4.69, 9.17) is 4.42 Å². The maximum atomic E-state index is 5.83. The highest BCUT2D eigenvalue weighted by Crippen LogP contribution is 2.26. The predicted molar refractivity (Wildman–Crippen MR) is 75.2 cm³/mol. The van der Waals surface area contributed by atoms with Crippen LogP contribution in [0.25, 0.3) is 11.0 Å². The lowest BCUT2D eigenvalue weighted by Crippen LogP contribution is -2.22. The van der Waals surface area contributed by atoms with Crippen LogP contribution in [0.4, 0.5) is 0 Å². The van der Waals surface area contributed by atoms with Gasteiger partial charge in [-0.1, -0.05) is 29.8 Å². The molecular weight excluding hydrogens is 278 g/mol. The van der Waals surface area contributed by atoms with E-state index in [1.807, 2.05) is 12.1 Å². The fourth-order valence-electron chi connectivity index (χ4n) is 1.76. The molecule has 0 bridgehead atoms. The Labute approximate surface area is 111 Å². The molecule has 92 valence electrons. The van der Waals surface area contributed by atoms with E-state index in [0.717, 1.165) is 27.7 Å². The second-order valence-corrected chi connectivity index (χ2v) is 5.77. The zero-order valence-electron chi connectivity index (χ0n) is 10.5.